The van der Waals surface area contributed by atoms with Crippen LogP contribution in [0.4, 0.5) is 14.9 Å². The summed E-state index contributed by atoms with van der Waals surface area (Å²) in [4.78, 5) is 24.1. The van der Waals surface area contributed by atoms with E-state index in [9.17, 15) is 19.3 Å². The van der Waals surface area contributed by atoms with Crippen LogP contribution in [0.2, 0.25) is 0 Å². The molecule has 6 nitrogen and oxygen atoms in total. The first-order valence-corrected chi connectivity index (χ1v) is 7.88. The van der Waals surface area contributed by atoms with Gasteiger partial charge in [-0.15, -0.1) is 0 Å². The van der Waals surface area contributed by atoms with Crippen LogP contribution < -0.4 is 5.32 Å². The predicted octanol–water partition coefficient (Wildman–Crippen LogP) is 3.68. The van der Waals surface area contributed by atoms with Gasteiger partial charge < -0.3 is 10.2 Å². The minimum absolute atomic E-state index is 0.0160. The van der Waals surface area contributed by atoms with Crippen LogP contribution in [-0.4, -0.2) is 29.4 Å². The van der Waals surface area contributed by atoms with Gasteiger partial charge in [0.15, 0.2) is 0 Å². The fourth-order valence-electron chi connectivity index (χ4n) is 2.43. The summed E-state index contributed by atoms with van der Waals surface area (Å²) in [5, 5.41) is 13.6. The summed E-state index contributed by atoms with van der Waals surface area (Å²) in [7, 11) is 1.61. The van der Waals surface area contributed by atoms with Crippen LogP contribution in [0.1, 0.15) is 24.1 Å². The Bertz CT molecular complexity index is 767. The first-order valence-electron chi connectivity index (χ1n) is 7.88. The van der Waals surface area contributed by atoms with Crippen molar-refractivity contribution in [3.63, 3.8) is 0 Å². The monoisotopic (exact) mass is 345 g/mol. The van der Waals surface area contributed by atoms with Crippen molar-refractivity contribution in [3.05, 3.63) is 75.6 Å². The van der Waals surface area contributed by atoms with E-state index in [2.05, 4.69) is 5.32 Å². The molecule has 0 aliphatic carbocycles. The second-order valence-electron chi connectivity index (χ2n) is 5.71. The van der Waals surface area contributed by atoms with Gasteiger partial charge >= 0.3 is 6.03 Å². The molecule has 0 saturated heterocycles. The number of halogens is 1. The van der Waals surface area contributed by atoms with Crippen LogP contribution in [0.3, 0.4) is 0 Å². The third kappa shape index (κ3) is 4.76. The van der Waals surface area contributed by atoms with Gasteiger partial charge in [-0.25, -0.2) is 9.18 Å². The van der Waals surface area contributed by atoms with Gasteiger partial charge in [-0.3, -0.25) is 10.1 Å². The molecule has 1 unspecified atom stereocenters. The van der Waals surface area contributed by atoms with Crippen LogP contribution >= 0.6 is 0 Å². The minimum atomic E-state index is -0.468. The molecule has 25 heavy (non-hydrogen) atoms. The first kappa shape index (κ1) is 18.4. The third-order valence-corrected chi connectivity index (χ3v) is 4.09. The van der Waals surface area contributed by atoms with E-state index >= 15 is 0 Å². The topological polar surface area (TPSA) is 75.5 Å². The Morgan fingerprint density at radius 2 is 2.00 bits per heavy atom. The van der Waals surface area contributed by atoms with E-state index in [4.69, 9.17) is 0 Å². The zero-order chi connectivity index (χ0) is 18.4. The Hall–Kier alpha value is -2.96. The minimum Gasteiger partial charge on any atom is -0.338 e. The Labute approximate surface area is 145 Å². The largest absolute Gasteiger partial charge is 0.338 e. The molecule has 0 bridgehead atoms. The molecule has 0 fully saturated rings. The van der Waals surface area contributed by atoms with E-state index in [1.54, 1.807) is 44.3 Å². The van der Waals surface area contributed by atoms with Gasteiger partial charge in [-0.1, -0.05) is 30.3 Å². The zero-order valence-electron chi connectivity index (χ0n) is 14.1. The second-order valence-corrected chi connectivity index (χ2v) is 5.71. The van der Waals surface area contributed by atoms with Crippen molar-refractivity contribution < 1.29 is 14.1 Å². The molecule has 0 spiro atoms. The molecule has 132 valence electrons. The lowest BCUT2D eigenvalue weighted by Gasteiger charge is -2.25. The summed E-state index contributed by atoms with van der Waals surface area (Å²) in [5.74, 6) is -0.296. The van der Waals surface area contributed by atoms with Crippen LogP contribution in [0.5, 0.6) is 0 Å². The number of carbonyl (C=O) groups excluding carboxylic acids is 1. The number of carbonyl (C=O) groups is 1. The lowest BCUT2D eigenvalue weighted by atomic mass is 10.1. The summed E-state index contributed by atoms with van der Waals surface area (Å²) in [6.07, 6.45) is 0.386. The van der Waals surface area contributed by atoms with Gasteiger partial charge in [-0.05, 0) is 30.5 Å². The van der Waals surface area contributed by atoms with Crippen molar-refractivity contribution in [2.24, 2.45) is 0 Å². The average molecular weight is 345 g/mol. The maximum absolute atomic E-state index is 13.5. The SMILES string of the molecule is CC(c1cccc([N+](=O)[O-])c1)N(C)C(=O)NCCc1ccccc1F. The number of hydrogen-bond donors (Lipinski definition) is 1. The van der Waals surface area contributed by atoms with Crippen LogP contribution in [0, 0.1) is 15.9 Å². The highest BCUT2D eigenvalue weighted by molar-refractivity contribution is 5.74. The molecular formula is C18H20FN3O3. The van der Waals surface area contributed by atoms with Crippen molar-refractivity contribution in [2.45, 2.75) is 19.4 Å². The summed E-state index contributed by atoms with van der Waals surface area (Å²) in [5.41, 5.74) is 1.19. The van der Waals surface area contributed by atoms with E-state index < -0.39 is 4.92 Å². The third-order valence-electron chi connectivity index (χ3n) is 4.09. The maximum Gasteiger partial charge on any atom is 0.317 e. The number of nitrogens with one attached hydrogen (secondary N) is 1. The van der Waals surface area contributed by atoms with Crippen molar-refractivity contribution in [2.75, 3.05) is 13.6 Å². The Balaban J connectivity index is 1.94. The number of nitro groups is 1. The summed E-state index contributed by atoms with van der Waals surface area (Å²) in [6.45, 7) is 2.08. The van der Waals surface area contributed by atoms with Gasteiger partial charge in [0.2, 0.25) is 0 Å². The Morgan fingerprint density at radius 3 is 2.68 bits per heavy atom. The summed E-state index contributed by atoms with van der Waals surface area (Å²) in [6, 6.07) is 11.9. The van der Waals surface area contributed by atoms with Gasteiger partial charge in [0, 0.05) is 25.7 Å². The number of hydrogen-bond acceptors (Lipinski definition) is 3. The molecule has 0 saturated carbocycles. The number of nitro benzene ring substituents is 1. The summed E-state index contributed by atoms with van der Waals surface area (Å²) < 4.78 is 13.5. The van der Waals surface area contributed by atoms with Gasteiger partial charge in [0.25, 0.3) is 5.69 Å². The standard InChI is InChI=1S/C18H20FN3O3/c1-13(15-7-5-8-16(12-15)22(24)25)21(2)18(23)20-11-10-14-6-3-4-9-17(14)19/h3-9,12-13H,10-11H2,1-2H3,(H,20,23). The van der Waals surface area contributed by atoms with Crippen molar-refractivity contribution >= 4 is 11.7 Å². The molecular weight excluding hydrogens is 325 g/mol. The molecule has 2 amide bonds. The number of rotatable bonds is 6. The van der Waals surface area contributed by atoms with E-state index in [0.29, 0.717) is 24.1 Å². The smallest absolute Gasteiger partial charge is 0.317 e. The highest BCUT2D eigenvalue weighted by Crippen LogP contribution is 2.22. The maximum atomic E-state index is 13.5. The summed E-state index contributed by atoms with van der Waals surface area (Å²) >= 11 is 0. The van der Waals surface area contributed by atoms with Crippen LogP contribution in [-0.2, 0) is 6.42 Å². The first-order chi connectivity index (χ1) is 11.9. The van der Waals surface area contributed by atoms with E-state index in [1.165, 1.54) is 23.1 Å². The van der Waals surface area contributed by atoms with E-state index in [0.717, 1.165) is 0 Å². The fourth-order valence-corrected chi connectivity index (χ4v) is 2.43. The van der Waals surface area contributed by atoms with Crippen LogP contribution in [0.25, 0.3) is 0 Å². The van der Waals surface area contributed by atoms with Crippen molar-refractivity contribution in [1.29, 1.82) is 0 Å². The van der Waals surface area contributed by atoms with Crippen molar-refractivity contribution in [1.82, 2.24) is 10.2 Å². The lowest BCUT2D eigenvalue weighted by Crippen LogP contribution is -2.39. The highest BCUT2D eigenvalue weighted by atomic mass is 19.1. The van der Waals surface area contributed by atoms with E-state index in [-0.39, 0.29) is 23.6 Å². The normalized spacial score (nSPS) is 11.6. The molecule has 0 aliphatic heterocycles. The number of benzene rings is 2. The number of urea groups is 1. The molecule has 7 heteroatoms. The molecule has 0 radical (unpaired) electrons. The van der Waals surface area contributed by atoms with Crippen LogP contribution in [0.15, 0.2) is 48.5 Å². The Morgan fingerprint density at radius 1 is 1.28 bits per heavy atom. The predicted molar refractivity (Wildman–Crippen MR) is 92.8 cm³/mol. The number of nitrogens with zero attached hydrogens (tertiary/aromatic N) is 2. The van der Waals surface area contributed by atoms with Gasteiger partial charge in [0.05, 0.1) is 11.0 Å². The molecule has 1 atom stereocenters. The molecule has 2 rings (SSSR count). The second kappa shape index (κ2) is 8.23. The quantitative estimate of drug-likeness (QED) is 0.641. The zero-order valence-corrected chi connectivity index (χ0v) is 14.1. The molecule has 2 aromatic rings. The molecule has 2 aromatic carbocycles. The van der Waals surface area contributed by atoms with Gasteiger partial charge in [0.1, 0.15) is 5.82 Å². The highest BCUT2D eigenvalue weighted by Gasteiger charge is 2.19. The Kier molecular flexibility index (Phi) is 6.05. The molecule has 0 aliphatic rings. The fraction of sp³-hybridized carbons (Fsp3) is 0.278. The van der Waals surface area contributed by atoms with E-state index in [1.807, 2.05) is 0 Å². The van der Waals surface area contributed by atoms with Gasteiger partial charge in [-0.2, -0.15) is 0 Å². The number of non-ortho nitro benzene ring substituents is 1. The number of amides is 2. The molecule has 1 N–H and O–H groups in total. The molecule has 0 heterocycles. The molecule has 0 aromatic heterocycles. The lowest BCUT2D eigenvalue weighted by molar-refractivity contribution is -0.384. The average Bonchev–Trinajstić information content (AvgIpc) is 2.62. The van der Waals surface area contributed by atoms with Crippen molar-refractivity contribution in [3.8, 4) is 0 Å².